The topological polar surface area (TPSA) is 22.1 Å². The van der Waals surface area contributed by atoms with E-state index in [1.54, 1.807) is 18.3 Å². The van der Waals surface area contributed by atoms with Gasteiger partial charge in [-0.2, -0.15) is 0 Å². The molecule has 2 nitrogen and oxygen atoms in total. The number of rotatable bonds is 2. The first-order valence-corrected chi connectivity index (χ1v) is 4.56. The molecule has 0 saturated carbocycles. The minimum Gasteiger partial charge on any atom is -0.494 e. The van der Waals surface area contributed by atoms with Crippen LogP contribution in [0.4, 0.5) is 4.39 Å². The van der Waals surface area contributed by atoms with Gasteiger partial charge in [0.2, 0.25) is 0 Å². The van der Waals surface area contributed by atoms with E-state index in [9.17, 15) is 4.39 Å². The van der Waals surface area contributed by atoms with Gasteiger partial charge in [-0.3, -0.25) is 4.98 Å². The van der Waals surface area contributed by atoms with E-state index in [4.69, 9.17) is 4.74 Å². The Balaban J connectivity index is 2.43. The smallest absolute Gasteiger partial charge is 0.165 e. The molecule has 76 valence electrons. The summed E-state index contributed by atoms with van der Waals surface area (Å²) < 4.78 is 18.2. The molecular weight excluding hydrogens is 193 g/mol. The van der Waals surface area contributed by atoms with Gasteiger partial charge in [0.15, 0.2) is 11.6 Å². The van der Waals surface area contributed by atoms with Crippen LogP contribution in [0.2, 0.25) is 0 Å². The molecule has 0 aliphatic carbocycles. The van der Waals surface area contributed by atoms with Crippen LogP contribution < -0.4 is 4.74 Å². The lowest BCUT2D eigenvalue weighted by Crippen LogP contribution is -1.89. The number of methoxy groups -OCH3 is 1. The van der Waals surface area contributed by atoms with Crippen LogP contribution in [0.1, 0.15) is 0 Å². The summed E-state index contributed by atoms with van der Waals surface area (Å²) in [5, 5.41) is 0. The van der Waals surface area contributed by atoms with Gasteiger partial charge >= 0.3 is 0 Å². The molecule has 0 atom stereocenters. The Hall–Kier alpha value is -1.90. The van der Waals surface area contributed by atoms with Crippen LogP contribution in [0.15, 0.2) is 42.6 Å². The highest BCUT2D eigenvalue weighted by Gasteiger charge is 2.05. The number of hydrogen-bond acceptors (Lipinski definition) is 2. The molecule has 0 amide bonds. The van der Waals surface area contributed by atoms with Crippen molar-refractivity contribution in [2.75, 3.05) is 7.11 Å². The molecule has 0 aliphatic rings. The fourth-order valence-corrected chi connectivity index (χ4v) is 1.36. The Bertz CT molecular complexity index is 456. The first-order valence-electron chi connectivity index (χ1n) is 4.56. The van der Waals surface area contributed by atoms with Crippen LogP contribution in [0.25, 0.3) is 11.3 Å². The Morgan fingerprint density at radius 2 is 2.07 bits per heavy atom. The molecule has 0 N–H and O–H groups in total. The number of ether oxygens (including phenoxy) is 1. The summed E-state index contributed by atoms with van der Waals surface area (Å²) in [6.07, 6.45) is 1.68. The highest BCUT2D eigenvalue weighted by molar-refractivity contribution is 5.60. The van der Waals surface area contributed by atoms with Crippen molar-refractivity contribution < 1.29 is 9.13 Å². The summed E-state index contributed by atoms with van der Waals surface area (Å²) in [6.45, 7) is 0. The quantitative estimate of drug-likeness (QED) is 0.748. The van der Waals surface area contributed by atoms with Crippen LogP contribution >= 0.6 is 0 Å². The van der Waals surface area contributed by atoms with Gasteiger partial charge in [-0.05, 0) is 30.3 Å². The zero-order chi connectivity index (χ0) is 10.7. The van der Waals surface area contributed by atoms with Crippen molar-refractivity contribution in [3.05, 3.63) is 48.4 Å². The average Bonchev–Trinajstić information content (AvgIpc) is 2.30. The van der Waals surface area contributed by atoms with E-state index in [1.165, 1.54) is 13.2 Å². The monoisotopic (exact) mass is 203 g/mol. The van der Waals surface area contributed by atoms with Gasteiger partial charge in [0.25, 0.3) is 0 Å². The molecule has 1 heterocycles. The second-order valence-electron chi connectivity index (χ2n) is 3.06. The lowest BCUT2D eigenvalue weighted by Gasteiger charge is -2.04. The minimum absolute atomic E-state index is 0.245. The van der Waals surface area contributed by atoms with E-state index in [1.807, 2.05) is 18.2 Å². The van der Waals surface area contributed by atoms with Crippen molar-refractivity contribution in [1.82, 2.24) is 4.98 Å². The fourth-order valence-electron chi connectivity index (χ4n) is 1.36. The molecule has 0 bridgehead atoms. The third-order valence-corrected chi connectivity index (χ3v) is 2.11. The average molecular weight is 203 g/mol. The van der Waals surface area contributed by atoms with Crippen LogP contribution in [-0.4, -0.2) is 12.1 Å². The largest absolute Gasteiger partial charge is 0.494 e. The highest BCUT2D eigenvalue weighted by atomic mass is 19.1. The van der Waals surface area contributed by atoms with Crippen molar-refractivity contribution in [1.29, 1.82) is 0 Å². The second-order valence-corrected chi connectivity index (χ2v) is 3.06. The predicted molar refractivity (Wildman–Crippen MR) is 56.2 cm³/mol. The van der Waals surface area contributed by atoms with Gasteiger partial charge in [-0.15, -0.1) is 0 Å². The van der Waals surface area contributed by atoms with Gasteiger partial charge in [-0.25, -0.2) is 4.39 Å². The molecule has 0 spiro atoms. The Morgan fingerprint density at radius 3 is 2.67 bits per heavy atom. The number of aromatic nitrogens is 1. The van der Waals surface area contributed by atoms with E-state index in [-0.39, 0.29) is 11.6 Å². The van der Waals surface area contributed by atoms with Crippen LogP contribution in [0, 0.1) is 5.82 Å². The first kappa shape index (κ1) is 9.65. The van der Waals surface area contributed by atoms with Gasteiger partial charge in [0.05, 0.1) is 12.8 Å². The molecule has 0 fully saturated rings. The minimum atomic E-state index is -0.374. The summed E-state index contributed by atoms with van der Waals surface area (Å²) in [6, 6.07) is 10.3. The predicted octanol–water partition coefficient (Wildman–Crippen LogP) is 2.90. The maximum absolute atomic E-state index is 13.4. The van der Waals surface area contributed by atoms with Crippen molar-refractivity contribution in [3.63, 3.8) is 0 Å². The SMILES string of the molecule is COc1ccc(-c2ccccn2)cc1F. The van der Waals surface area contributed by atoms with E-state index < -0.39 is 0 Å². The van der Waals surface area contributed by atoms with Crippen LogP contribution in [-0.2, 0) is 0 Å². The third-order valence-electron chi connectivity index (χ3n) is 2.11. The molecule has 0 aliphatic heterocycles. The summed E-state index contributed by atoms with van der Waals surface area (Å²) >= 11 is 0. The molecule has 3 heteroatoms. The number of benzene rings is 1. The van der Waals surface area contributed by atoms with Gasteiger partial charge < -0.3 is 4.74 Å². The third kappa shape index (κ3) is 1.96. The summed E-state index contributed by atoms with van der Waals surface area (Å²) in [5.41, 5.74) is 1.49. The Kier molecular flexibility index (Phi) is 2.63. The van der Waals surface area contributed by atoms with E-state index >= 15 is 0 Å². The normalized spacial score (nSPS) is 10.0. The number of halogens is 1. The highest BCUT2D eigenvalue weighted by Crippen LogP contribution is 2.23. The number of hydrogen-bond donors (Lipinski definition) is 0. The number of nitrogens with zero attached hydrogens (tertiary/aromatic N) is 1. The fraction of sp³-hybridized carbons (Fsp3) is 0.0833. The van der Waals surface area contributed by atoms with Crippen molar-refractivity contribution in [3.8, 4) is 17.0 Å². The lowest BCUT2D eigenvalue weighted by molar-refractivity contribution is 0.386. The molecular formula is C12H10FNO. The van der Waals surface area contributed by atoms with Crippen molar-refractivity contribution in [2.45, 2.75) is 0 Å². The van der Waals surface area contributed by atoms with E-state index in [0.717, 1.165) is 11.3 Å². The Labute approximate surface area is 87.4 Å². The van der Waals surface area contributed by atoms with Gasteiger partial charge in [0.1, 0.15) is 0 Å². The van der Waals surface area contributed by atoms with Crippen molar-refractivity contribution in [2.24, 2.45) is 0 Å². The maximum Gasteiger partial charge on any atom is 0.165 e. The molecule has 15 heavy (non-hydrogen) atoms. The molecule has 2 aromatic rings. The van der Waals surface area contributed by atoms with E-state index in [2.05, 4.69) is 4.98 Å². The second kappa shape index (κ2) is 4.09. The van der Waals surface area contributed by atoms with Crippen LogP contribution in [0.5, 0.6) is 5.75 Å². The van der Waals surface area contributed by atoms with E-state index in [0.29, 0.717) is 0 Å². The molecule has 0 radical (unpaired) electrons. The molecule has 1 aromatic carbocycles. The van der Waals surface area contributed by atoms with Gasteiger partial charge in [-0.1, -0.05) is 6.07 Å². The van der Waals surface area contributed by atoms with Gasteiger partial charge in [0, 0.05) is 11.8 Å². The standard InChI is InChI=1S/C12H10FNO/c1-15-12-6-5-9(8-10(12)13)11-4-2-3-7-14-11/h2-8H,1H3. The number of pyridine rings is 1. The maximum atomic E-state index is 13.4. The van der Waals surface area contributed by atoms with Crippen molar-refractivity contribution >= 4 is 0 Å². The summed E-state index contributed by atoms with van der Waals surface area (Å²) in [4.78, 5) is 4.14. The Morgan fingerprint density at radius 1 is 1.20 bits per heavy atom. The molecule has 2 rings (SSSR count). The summed E-state index contributed by atoms with van der Waals surface area (Å²) in [7, 11) is 1.44. The zero-order valence-corrected chi connectivity index (χ0v) is 8.27. The lowest BCUT2D eigenvalue weighted by atomic mass is 10.1. The molecule has 0 saturated heterocycles. The zero-order valence-electron chi connectivity index (χ0n) is 8.27. The van der Waals surface area contributed by atoms with Crippen LogP contribution in [0.3, 0.4) is 0 Å². The summed E-state index contributed by atoms with van der Waals surface area (Å²) in [5.74, 6) is -0.129. The molecule has 0 unspecified atom stereocenters. The molecule has 1 aromatic heterocycles. The first-order chi connectivity index (χ1) is 7.31.